The maximum absolute atomic E-state index is 13.0. The SMILES string of the molecule is COc1ccc(CNC(=O)Cn2cnc3c(c2=O)CN(Cc2ccc(C)cc2)CC3)cc1. The lowest BCUT2D eigenvalue weighted by Crippen LogP contribution is -2.39. The average Bonchev–Trinajstić information content (AvgIpc) is 2.82. The molecule has 1 aliphatic rings. The summed E-state index contributed by atoms with van der Waals surface area (Å²) in [5.74, 6) is 0.542. The van der Waals surface area contributed by atoms with Crippen LogP contribution in [0, 0.1) is 6.92 Å². The normalized spacial score (nSPS) is 13.4. The van der Waals surface area contributed by atoms with Gasteiger partial charge in [0, 0.05) is 32.6 Å². The van der Waals surface area contributed by atoms with Crippen LogP contribution in [0.2, 0.25) is 0 Å². The van der Waals surface area contributed by atoms with Crippen molar-refractivity contribution in [3.8, 4) is 5.75 Å². The average molecular weight is 433 g/mol. The van der Waals surface area contributed by atoms with Crippen molar-refractivity contribution in [1.82, 2.24) is 19.8 Å². The Balaban J connectivity index is 1.38. The zero-order valence-corrected chi connectivity index (χ0v) is 18.5. The highest BCUT2D eigenvalue weighted by atomic mass is 16.5. The van der Waals surface area contributed by atoms with Crippen molar-refractivity contribution in [2.45, 2.75) is 39.5 Å². The molecule has 1 amide bonds. The number of rotatable bonds is 7. The van der Waals surface area contributed by atoms with Crippen LogP contribution in [0.15, 0.2) is 59.7 Å². The van der Waals surface area contributed by atoms with Crippen LogP contribution in [0.5, 0.6) is 5.75 Å². The number of amides is 1. The van der Waals surface area contributed by atoms with E-state index in [0.717, 1.165) is 36.5 Å². The molecule has 7 nitrogen and oxygen atoms in total. The fourth-order valence-electron chi connectivity index (χ4n) is 3.86. The largest absolute Gasteiger partial charge is 0.497 e. The maximum atomic E-state index is 13.0. The van der Waals surface area contributed by atoms with Crippen molar-refractivity contribution in [2.24, 2.45) is 0 Å². The van der Waals surface area contributed by atoms with E-state index < -0.39 is 0 Å². The highest BCUT2D eigenvalue weighted by molar-refractivity contribution is 5.75. The van der Waals surface area contributed by atoms with Crippen molar-refractivity contribution in [3.05, 3.63) is 93.2 Å². The van der Waals surface area contributed by atoms with Gasteiger partial charge < -0.3 is 10.1 Å². The highest BCUT2D eigenvalue weighted by Gasteiger charge is 2.22. The minimum Gasteiger partial charge on any atom is -0.497 e. The molecule has 7 heteroatoms. The molecule has 0 radical (unpaired) electrons. The van der Waals surface area contributed by atoms with E-state index in [-0.39, 0.29) is 18.0 Å². The van der Waals surface area contributed by atoms with Gasteiger partial charge >= 0.3 is 0 Å². The topological polar surface area (TPSA) is 76.5 Å². The van der Waals surface area contributed by atoms with Gasteiger partial charge in [-0.2, -0.15) is 0 Å². The van der Waals surface area contributed by atoms with Crippen molar-refractivity contribution in [3.63, 3.8) is 0 Å². The number of nitrogens with one attached hydrogen (secondary N) is 1. The predicted molar refractivity (Wildman–Crippen MR) is 122 cm³/mol. The van der Waals surface area contributed by atoms with E-state index >= 15 is 0 Å². The number of aromatic nitrogens is 2. The molecule has 32 heavy (non-hydrogen) atoms. The van der Waals surface area contributed by atoms with Gasteiger partial charge in [0.15, 0.2) is 0 Å². The van der Waals surface area contributed by atoms with Crippen LogP contribution in [0.4, 0.5) is 0 Å². The molecule has 0 fully saturated rings. The van der Waals surface area contributed by atoms with Crippen LogP contribution in [0.25, 0.3) is 0 Å². The molecule has 1 aliphatic heterocycles. The Kier molecular flexibility index (Phi) is 6.66. The Labute approximate surface area is 187 Å². The Bertz CT molecular complexity index is 1140. The van der Waals surface area contributed by atoms with Crippen molar-refractivity contribution in [2.75, 3.05) is 13.7 Å². The summed E-state index contributed by atoms with van der Waals surface area (Å²) in [5.41, 5.74) is 4.81. The zero-order chi connectivity index (χ0) is 22.5. The van der Waals surface area contributed by atoms with Crippen LogP contribution >= 0.6 is 0 Å². The first kappa shape index (κ1) is 21.8. The van der Waals surface area contributed by atoms with Crippen molar-refractivity contribution >= 4 is 5.91 Å². The van der Waals surface area contributed by atoms with Gasteiger partial charge in [0.25, 0.3) is 5.56 Å². The molecule has 0 aliphatic carbocycles. The lowest BCUT2D eigenvalue weighted by Gasteiger charge is -2.28. The van der Waals surface area contributed by atoms with Crippen molar-refractivity contribution in [1.29, 1.82) is 0 Å². The first-order chi connectivity index (χ1) is 15.5. The lowest BCUT2D eigenvalue weighted by molar-refractivity contribution is -0.121. The second kappa shape index (κ2) is 9.78. The van der Waals surface area contributed by atoms with Crippen LogP contribution in [0.3, 0.4) is 0 Å². The molecule has 2 heterocycles. The standard InChI is InChI=1S/C25H28N4O3/c1-18-3-5-20(6-4-18)14-28-12-11-23-22(15-28)25(31)29(17-27-23)16-24(30)26-13-19-7-9-21(32-2)10-8-19/h3-10,17H,11-16H2,1-2H3,(H,26,30). The smallest absolute Gasteiger partial charge is 0.258 e. The number of hydrogen-bond donors (Lipinski definition) is 1. The minimum atomic E-state index is -0.225. The third kappa shape index (κ3) is 5.23. The molecule has 0 atom stereocenters. The number of carbonyl (C=O) groups excluding carboxylic acids is 1. The number of nitrogens with zero attached hydrogens (tertiary/aromatic N) is 3. The molecule has 0 saturated heterocycles. The molecular weight excluding hydrogens is 404 g/mol. The number of carbonyl (C=O) groups is 1. The number of methoxy groups -OCH3 is 1. The fraction of sp³-hybridized carbons (Fsp3) is 0.320. The van der Waals surface area contributed by atoms with Gasteiger partial charge in [-0.15, -0.1) is 0 Å². The van der Waals surface area contributed by atoms with Crippen molar-refractivity contribution < 1.29 is 9.53 Å². The molecular formula is C25H28N4O3. The third-order valence-corrected chi connectivity index (χ3v) is 5.76. The number of aryl methyl sites for hydroxylation is 1. The molecule has 0 bridgehead atoms. The number of fused-ring (bicyclic) bond motifs is 1. The van der Waals surface area contributed by atoms with Gasteiger partial charge in [-0.3, -0.25) is 19.1 Å². The summed E-state index contributed by atoms with van der Waals surface area (Å²) >= 11 is 0. The van der Waals surface area contributed by atoms with E-state index in [1.807, 2.05) is 24.3 Å². The highest BCUT2D eigenvalue weighted by Crippen LogP contribution is 2.16. The van der Waals surface area contributed by atoms with Gasteiger partial charge in [-0.25, -0.2) is 4.98 Å². The monoisotopic (exact) mass is 432 g/mol. The molecule has 0 unspecified atom stereocenters. The number of ether oxygens (including phenoxy) is 1. The summed E-state index contributed by atoms with van der Waals surface area (Å²) in [6, 6.07) is 15.9. The molecule has 2 aromatic carbocycles. The van der Waals surface area contributed by atoms with Crippen LogP contribution in [-0.2, 0) is 37.4 Å². The first-order valence-corrected chi connectivity index (χ1v) is 10.8. The van der Waals surface area contributed by atoms with E-state index in [1.165, 1.54) is 22.0 Å². The van der Waals surface area contributed by atoms with E-state index in [9.17, 15) is 9.59 Å². The third-order valence-electron chi connectivity index (χ3n) is 5.76. The van der Waals surface area contributed by atoms with E-state index in [2.05, 4.69) is 46.4 Å². The van der Waals surface area contributed by atoms with Gasteiger partial charge in [-0.1, -0.05) is 42.0 Å². The Morgan fingerprint density at radius 3 is 2.53 bits per heavy atom. The molecule has 3 aromatic rings. The number of benzene rings is 2. The van der Waals surface area contributed by atoms with E-state index in [4.69, 9.17) is 4.74 Å². The Morgan fingerprint density at radius 1 is 1.09 bits per heavy atom. The Hall–Kier alpha value is -3.45. The van der Waals surface area contributed by atoms with Crippen LogP contribution in [0.1, 0.15) is 27.9 Å². The van der Waals surface area contributed by atoms with Gasteiger partial charge in [0.2, 0.25) is 5.91 Å². The quantitative estimate of drug-likeness (QED) is 0.621. The summed E-state index contributed by atoms with van der Waals surface area (Å²) in [7, 11) is 1.61. The summed E-state index contributed by atoms with van der Waals surface area (Å²) < 4.78 is 6.54. The van der Waals surface area contributed by atoms with E-state index in [0.29, 0.717) is 18.7 Å². The molecule has 166 valence electrons. The predicted octanol–water partition coefficient (Wildman–Crippen LogP) is 2.44. The number of hydrogen-bond acceptors (Lipinski definition) is 5. The van der Waals surface area contributed by atoms with Crippen LogP contribution in [-0.4, -0.2) is 34.0 Å². The second-order valence-electron chi connectivity index (χ2n) is 8.17. The summed E-state index contributed by atoms with van der Waals surface area (Å²) in [4.78, 5) is 32.2. The summed E-state index contributed by atoms with van der Waals surface area (Å²) in [6.45, 7) is 4.61. The summed E-state index contributed by atoms with van der Waals surface area (Å²) in [6.07, 6.45) is 2.23. The first-order valence-electron chi connectivity index (χ1n) is 10.8. The van der Waals surface area contributed by atoms with E-state index in [1.54, 1.807) is 7.11 Å². The van der Waals surface area contributed by atoms with Gasteiger partial charge in [-0.05, 0) is 30.2 Å². The van der Waals surface area contributed by atoms with Gasteiger partial charge in [0.05, 0.1) is 24.7 Å². The minimum absolute atomic E-state index is 0.0484. The zero-order valence-electron chi connectivity index (χ0n) is 18.5. The summed E-state index contributed by atoms with van der Waals surface area (Å²) in [5, 5.41) is 2.86. The molecule has 1 aromatic heterocycles. The maximum Gasteiger partial charge on any atom is 0.258 e. The molecule has 1 N–H and O–H groups in total. The Morgan fingerprint density at radius 2 is 1.81 bits per heavy atom. The molecule has 0 spiro atoms. The molecule has 0 saturated carbocycles. The van der Waals surface area contributed by atoms with Crippen LogP contribution < -0.4 is 15.6 Å². The fourth-order valence-corrected chi connectivity index (χ4v) is 3.86. The molecule has 4 rings (SSSR count). The second-order valence-corrected chi connectivity index (χ2v) is 8.17. The lowest BCUT2D eigenvalue weighted by atomic mass is 10.1. The van der Waals surface area contributed by atoms with Gasteiger partial charge in [0.1, 0.15) is 12.3 Å².